The second-order valence-corrected chi connectivity index (χ2v) is 8.20. The number of carbonyl (C=O) groups is 1. The van der Waals surface area contributed by atoms with E-state index in [-0.39, 0.29) is 11.7 Å². The number of fused-ring (bicyclic) bond motifs is 2. The molecule has 2 aromatic heterocycles. The van der Waals surface area contributed by atoms with E-state index in [9.17, 15) is 4.79 Å². The van der Waals surface area contributed by atoms with Crippen molar-refractivity contribution >= 4 is 44.6 Å². The van der Waals surface area contributed by atoms with E-state index in [2.05, 4.69) is 10.3 Å². The third-order valence-electron chi connectivity index (χ3n) is 5.39. The first kappa shape index (κ1) is 21.7. The summed E-state index contributed by atoms with van der Waals surface area (Å²) >= 11 is 1.45. The van der Waals surface area contributed by atoms with Crippen LogP contribution in [0.2, 0.25) is 0 Å². The number of amides is 1. The van der Waals surface area contributed by atoms with Crippen molar-refractivity contribution in [1.82, 2.24) is 4.98 Å². The Hall–Kier alpha value is -4.17. The van der Waals surface area contributed by atoms with Crippen molar-refractivity contribution in [2.24, 2.45) is 0 Å². The number of hydrogen-bond acceptors (Lipinski definition) is 6. The normalized spacial score (nSPS) is 10.9. The summed E-state index contributed by atoms with van der Waals surface area (Å²) in [6, 6.07) is 15.2. The van der Waals surface area contributed by atoms with Gasteiger partial charge in [0.2, 0.25) is 0 Å². The second kappa shape index (κ2) is 8.99. The molecule has 5 aromatic rings. The predicted octanol–water partition coefficient (Wildman–Crippen LogP) is 6.65. The maximum atomic E-state index is 15.4. The molecule has 0 saturated heterocycles. The summed E-state index contributed by atoms with van der Waals surface area (Å²) in [7, 11) is 3.09. The third kappa shape index (κ3) is 3.99. The van der Waals surface area contributed by atoms with Crippen LogP contribution in [-0.2, 0) is 0 Å². The quantitative estimate of drug-likeness (QED) is 0.298. The van der Waals surface area contributed by atoms with Crippen LogP contribution >= 0.6 is 11.3 Å². The van der Waals surface area contributed by atoms with Crippen molar-refractivity contribution in [1.29, 1.82) is 0 Å². The average molecular weight is 475 g/mol. The Labute approximate surface area is 198 Å². The van der Waals surface area contributed by atoms with E-state index in [1.165, 1.54) is 11.3 Å². The summed E-state index contributed by atoms with van der Waals surface area (Å²) < 4.78 is 32.0. The summed E-state index contributed by atoms with van der Waals surface area (Å²) in [6.45, 7) is 0. The van der Waals surface area contributed by atoms with E-state index in [1.54, 1.807) is 80.4 Å². The van der Waals surface area contributed by atoms with Gasteiger partial charge in [-0.3, -0.25) is 9.78 Å². The Morgan fingerprint density at radius 2 is 1.74 bits per heavy atom. The lowest BCUT2D eigenvalue weighted by molar-refractivity contribution is 0.102. The highest BCUT2D eigenvalue weighted by molar-refractivity contribution is 7.08. The van der Waals surface area contributed by atoms with Crippen molar-refractivity contribution in [3.05, 3.63) is 82.9 Å². The first-order chi connectivity index (χ1) is 16.6. The number of aromatic nitrogens is 1. The number of rotatable bonds is 6. The van der Waals surface area contributed by atoms with Gasteiger partial charge < -0.3 is 19.5 Å². The highest BCUT2D eigenvalue weighted by Crippen LogP contribution is 2.38. The molecule has 6 nitrogen and oxygen atoms in total. The highest BCUT2D eigenvalue weighted by Gasteiger charge is 2.15. The lowest BCUT2D eigenvalue weighted by atomic mass is 10.1. The number of halogens is 1. The number of ether oxygens (including phenoxy) is 3. The molecule has 3 aromatic carbocycles. The SMILES string of the molecule is COc1cc2nccc(Oc3ccc4cc(NC(=O)c5ccsc5)ccc4c3F)c2cc1OC. The van der Waals surface area contributed by atoms with Gasteiger partial charge in [-0.1, -0.05) is 6.07 Å². The first-order valence-corrected chi connectivity index (χ1v) is 11.3. The molecule has 0 aliphatic carbocycles. The van der Waals surface area contributed by atoms with Crippen LogP contribution < -0.4 is 19.5 Å². The van der Waals surface area contributed by atoms with Gasteiger partial charge in [0, 0.05) is 34.1 Å². The van der Waals surface area contributed by atoms with Crippen LogP contribution in [-0.4, -0.2) is 25.1 Å². The summed E-state index contributed by atoms with van der Waals surface area (Å²) in [4.78, 5) is 16.7. The van der Waals surface area contributed by atoms with E-state index in [4.69, 9.17) is 14.2 Å². The third-order valence-corrected chi connectivity index (χ3v) is 6.07. The molecule has 5 rings (SSSR count). The summed E-state index contributed by atoms with van der Waals surface area (Å²) in [5, 5.41) is 8.12. The molecular weight excluding hydrogens is 455 g/mol. The largest absolute Gasteiger partial charge is 0.493 e. The number of methoxy groups -OCH3 is 2. The van der Waals surface area contributed by atoms with E-state index in [1.807, 2.05) is 5.38 Å². The fourth-order valence-electron chi connectivity index (χ4n) is 3.68. The van der Waals surface area contributed by atoms with Crippen molar-refractivity contribution < 1.29 is 23.4 Å². The van der Waals surface area contributed by atoms with Crippen molar-refractivity contribution in [2.75, 3.05) is 19.5 Å². The minimum Gasteiger partial charge on any atom is -0.493 e. The van der Waals surface area contributed by atoms with Gasteiger partial charge in [-0.05, 0) is 53.2 Å². The molecule has 34 heavy (non-hydrogen) atoms. The lowest BCUT2D eigenvalue weighted by Crippen LogP contribution is -2.10. The van der Waals surface area contributed by atoms with Gasteiger partial charge >= 0.3 is 0 Å². The van der Waals surface area contributed by atoms with Gasteiger partial charge in [-0.2, -0.15) is 11.3 Å². The van der Waals surface area contributed by atoms with Crippen LogP contribution in [0.1, 0.15) is 10.4 Å². The van der Waals surface area contributed by atoms with Crippen LogP contribution in [0, 0.1) is 5.82 Å². The molecule has 0 atom stereocenters. The van der Waals surface area contributed by atoms with Crippen LogP contribution in [0.3, 0.4) is 0 Å². The Morgan fingerprint density at radius 1 is 0.912 bits per heavy atom. The minimum atomic E-state index is -0.501. The molecule has 0 fully saturated rings. The smallest absolute Gasteiger partial charge is 0.256 e. The zero-order valence-electron chi connectivity index (χ0n) is 18.3. The van der Waals surface area contributed by atoms with E-state index in [0.717, 1.165) is 0 Å². The number of hydrogen-bond donors (Lipinski definition) is 1. The van der Waals surface area contributed by atoms with E-state index < -0.39 is 5.82 Å². The van der Waals surface area contributed by atoms with Crippen LogP contribution in [0.4, 0.5) is 10.1 Å². The number of nitrogens with one attached hydrogen (secondary N) is 1. The molecule has 0 radical (unpaired) electrons. The Morgan fingerprint density at radius 3 is 2.50 bits per heavy atom. The lowest BCUT2D eigenvalue weighted by Gasteiger charge is -2.13. The van der Waals surface area contributed by atoms with Crippen LogP contribution in [0.5, 0.6) is 23.0 Å². The van der Waals surface area contributed by atoms with Gasteiger partial charge in [0.15, 0.2) is 23.1 Å². The summed E-state index contributed by atoms with van der Waals surface area (Å²) in [6.07, 6.45) is 1.59. The summed E-state index contributed by atoms with van der Waals surface area (Å²) in [5.74, 6) is 0.854. The molecule has 0 aliphatic heterocycles. The molecule has 0 spiro atoms. The number of benzene rings is 3. The fraction of sp³-hybridized carbons (Fsp3) is 0.0769. The van der Waals surface area contributed by atoms with E-state index >= 15 is 4.39 Å². The van der Waals surface area contributed by atoms with Gasteiger partial charge in [0.1, 0.15) is 5.75 Å². The Balaban J connectivity index is 1.47. The standard InChI is InChI=1S/C26H19FN2O4S/c1-31-23-12-19-20(13-24(23)32-2)28-9-7-21(19)33-22-6-3-15-11-17(4-5-18(15)25(22)27)29-26(30)16-8-10-34-14-16/h3-14H,1-2H3,(H,29,30). The van der Waals surface area contributed by atoms with Crippen LogP contribution in [0.25, 0.3) is 21.7 Å². The molecule has 0 unspecified atom stereocenters. The minimum absolute atomic E-state index is 0.0739. The number of carbonyl (C=O) groups excluding carboxylic acids is 1. The molecule has 0 aliphatic rings. The molecule has 1 amide bonds. The summed E-state index contributed by atoms with van der Waals surface area (Å²) in [5.41, 5.74) is 1.79. The number of thiophene rings is 1. The molecule has 2 heterocycles. The molecule has 1 N–H and O–H groups in total. The molecule has 8 heteroatoms. The maximum absolute atomic E-state index is 15.4. The molecule has 170 valence electrons. The monoisotopic (exact) mass is 474 g/mol. The van der Waals surface area contributed by atoms with Gasteiger partial charge in [0.05, 0.1) is 25.3 Å². The Bertz CT molecular complexity index is 1520. The van der Waals surface area contributed by atoms with E-state index in [0.29, 0.717) is 50.2 Å². The predicted molar refractivity (Wildman–Crippen MR) is 131 cm³/mol. The maximum Gasteiger partial charge on any atom is 0.256 e. The van der Waals surface area contributed by atoms with Crippen molar-refractivity contribution in [3.8, 4) is 23.0 Å². The molecule has 0 bridgehead atoms. The second-order valence-electron chi connectivity index (χ2n) is 7.42. The topological polar surface area (TPSA) is 69.7 Å². The number of pyridine rings is 1. The Kier molecular flexibility index (Phi) is 5.73. The van der Waals surface area contributed by atoms with Gasteiger partial charge in [-0.15, -0.1) is 0 Å². The highest BCUT2D eigenvalue weighted by atomic mass is 32.1. The molecular formula is C26H19FN2O4S. The first-order valence-electron chi connectivity index (χ1n) is 10.3. The van der Waals surface area contributed by atoms with Gasteiger partial charge in [-0.25, -0.2) is 4.39 Å². The number of anilines is 1. The zero-order valence-corrected chi connectivity index (χ0v) is 19.1. The van der Waals surface area contributed by atoms with Crippen LogP contribution in [0.15, 0.2) is 71.6 Å². The number of nitrogens with zero attached hydrogens (tertiary/aromatic N) is 1. The average Bonchev–Trinajstić information content (AvgIpc) is 3.40. The van der Waals surface area contributed by atoms with Crippen molar-refractivity contribution in [3.63, 3.8) is 0 Å². The van der Waals surface area contributed by atoms with Crippen molar-refractivity contribution in [2.45, 2.75) is 0 Å². The zero-order chi connectivity index (χ0) is 23.7. The molecule has 0 saturated carbocycles. The fourth-order valence-corrected chi connectivity index (χ4v) is 4.32. The van der Waals surface area contributed by atoms with Gasteiger partial charge in [0.25, 0.3) is 5.91 Å².